The standard InChI is InChI=1S/C11H11F6NO2S/c1-6(2)21(19,20)18-9-4-7(10(12,13)14)3-8(5-9)11(15,16)17/h3-6,18H,1-2H3. The first-order valence-electron chi connectivity index (χ1n) is 5.54. The van der Waals surface area contributed by atoms with Crippen molar-refractivity contribution in [3.05, 3.63) is 29.3 Å². The van der Waals surface area contributed by atoms with E-state index in [1.807, 2.05) is 0 Å². The Balaban J connectivity index is 3.40. The minimum atomic E-state index is -5.03. The molecule has 0 aliphatic rings. The van der Waals surface area contributed by atoms with Crippen LogP contribution in [0.4, 0.5) is 32.0 Å². The fraction of sp³-hybridized carbons (Fsp3) is 0.455. The topological polar surface area (TPSA) is 46.2 Å². The number of anilines is 1. The zero-order chi connectivity index (χ0) is 16.6. The van der Waals surface area contributed by atoms with E-state index in [1.54, 1.807) is 4.72 Å². The molecule has 0 aliphatic heterocycles. The number of nitrogens with one attached hydrogen (secondary N) is 1. The van der Waals surface area contributed by atoms with Gasteiger partial charge in [0.1, 0.15) is 0 Å². The highest BCUT2D eigenvalue weighted by Gasteiger charge is 2.37. The summed E-state index contributed by atoms with van der Waals surface area (Å²) in [6, 6.07) is 0.553. The van der Waals surface area contributed by atoms with E-state index in [2.05, 4.69) is 0 Å². The number of hydrogen-bond donors (Lipinski definition) is 1. The van der Waals surface area contributed by atoms with Crippen LogP contribution < -0.4 is 4.72 Å². The average molecular weight is 335 g/mol. The molecule has 120 valence electrons. The Morgan fingerprint density at radius 2 is 1.29 bits per heavy atom. The van der Waals surface area contributed by atoms with Crippen LogP contribution in [-0.2, 0) is 22.4 Å². The minimum Gasteiger partial charge on any atom is -0.283 e. The number of rotatable bonds is 3. The summed E-state index contributed by atoms with van der Waals surface area (Å²) in [5, 5.41) is -1.01. The summed E-state index contributed by atoms with van der Waals surface area (Å²) in [6.45, 7) is 2.47. The van der Waals surface area contributed by atoms with Gasteiger partial charge in [-0.3, -0.25) is 4.72 Å². The third-order valence-electron chi connectivity index (χ3n) is 2.47. The molecular weight excluding hydrogens is 324 g/mol. The highest BCUT2D eigenvalue weighted by atomic mass is 32.2. The van der Waals surface area contributed by atoms with Gasteiger partial charge in [-0.15, -0.1) is 0 Å². The van der Waals surface area contributed by atoms with Gasteiger partial charge in [0.25, 0.3) is 0 Å². The van der Waals surface area contributed by atoms with Gasteiger partial charge >= 0.3 is 12.4 Å². The summed E-state index contributed by atoms with van der Waals surface area (Å²) in [5.74, 6) is 0. The lowest BCUT2D eigenvalue weighted by molar-refractivity contribution is -0.143. The average Bonchev–Trinajstić information content (AvgIpc) is 2.25. The van der Waals surface area contributed by atoms with Gasteiger partial charge in [-0.1, -0.05) is 0 Å². The number of halogens is 6. The fourth-order valence-corrected chi connectivity index (χ4v) is 1.98. The quantitative estimate of drug-likeness (QED) is 0.852. The van der Waals surface area contributed by atoms with Gasteiger partial charge in [-0.05, 0) is 32.0 Å². The second-order valence-corrected chi connectivity index (χ2v) is 6.73. The van der Waals surface area contributed by atoms with Gasteiger partial charge in [0, 0.05) is 5.69 Å². The molecule has 0 amide bonds. The van der Waals surface area contributed by atoms with Crippen LogP contribution in [0.25, 0.3) is 0 Å². The third kappa shape index (κ3) is 4.51. The molecule has 0 aromatic heterocycles. The van der Waals surface area contributed by atoms with Crippen molar-refractivity contribution in [3.8, 4) is 0 Å². The van der Waals surface area contributed by atoms with Crippen molar-refractivity contribution < 1.29 is 34.8 Å². The SMILES string of the molecule is CC(C)S(=O)(=O)Nc1cc(C(F)(F)F)cc(C(F)(F)F)c1. The maximum atomic E-state index is 12.6. The van der Waals surface area contributed by atoms with Crippen LogP contribution >= 0.6 is 0 Å². The zero-order valence-corrected chi connectivity index (χ0v) is 11.6. The summed E-state index contributed by atoms with van der Waals surface area (Å²) >= 11 is 0. The molecular formula is C11H11F6NO2S. The Bertz CT molecular complexity index is 586. The van der Waals surface area contributed by atoms with Crippen molar-refractivity contribution in [1.29, 1.82) is 0 Å². The molecule has 0 aliphatic carbocycles. The summed E-state index contributed by atoms with van der Waals surface area (Å²) in [4.78, 5) is 0. The summed E-state index contributed by atoms with van der Waals surface area (Å²) in [7, 11) is -4.06. The van der Waals surface area contributed by atoms with Crippen LogP contribution in [0.1, 0.15) is 25.0 Å². The van der Waals surface area contributed by atoms with Crippen LogP contribution in [0.5, 0.6) is 0 Å². The first-order valence-corrected chi connectivity index (χ1v) is 7.09. The molecule has 1 aromatic rings. The maximum Gasteiger partial charge on any atom is 0.416 e. The normalized spacial score (nSPS) is 13.6. The van der Waals surface area contributed by atoms with E-state index in [1.165, 1.54) is 13.8 Å². The van der Waals surface area contributed by atoms with E-state index < -0.39 is 44.4 Å². The monoisotopic (exact) mass is 335 g/mol. The van der Waals surface area contributed by atoms with Gasteiger partial charge in [0.2, 0.25) is 10.0 Å². The highest BCUT2D eigenvalue weighted by Crippen LogP contribution is 2.37. The van der Waals surface area contributed by atoms with Crippen molar-refractivity contribution in [2.24, 2.45) is 0 Å². The molecule has 0 saturated carbocycles. The van der Waals surface area contributed by atoms with Crippen LogP contribution in [0.15, 0.2) is 18.2 Å². The van der Waals surface area contributed by atoms with Crippen molar-refractivity contribution in [1.82, 2.24) is 0 Å². The molecule has 0 unspecified atom stereocenters. The molecule has 10 heteroatoms. The van der Waals surface area contributed by atoms with Gasteiger partial charge < -0.3 is 0 Å². The van der Waals surface area contributed by atoms with Gasteiger partial charge in [0.05, 0.1) is 16.4 Å². The smallest absolute Gasteiger partial charge is 0.283 e. The molecule has 0 radical (unpaired) electrons. The molecule has 0 saturated heterocycles. The van der Waals surface area contributed by atoms with Crippen molar-refractivity contribution in [2.45, 2.75) is 31.5 Å². The van der Waals surface area contributed by atoms with Gasteiger partial charge in [0.15, 0.2) is 0 Å². The van der Waals surface area contributed by atoms with E-state index >= 15 is 0 Å². The first kappa shape index (κ1) is 17.6. The molecule has 0 spiro atoms. The van der Waals surface area contributed by atoms with E-state index in [0.717, 1.165) is 0 Å². The Morgan fingerprint density at radius 3 is 1.57 bits per heavy atom. The van der Waals surface area contributed by atoms with E-state index in [0.29, 0.717) is 12.1 Å². The number of sulfonamides is 1. The minimum absolute atomic E-state index is 0.0762. The van der Waals surface area contributed by atoms with Gasteiger partial charge in [-0.2, -0.15) is 26.3 Å². The van der Waals surface area contributed by atoms with E-state index in [4.69, 9.17) is 0 Å². The second-order valence-electron chi connectivity index (χ2n) is 4.49. The lowest BCUT2D eigenvalue weighted by Crippen LogP contribution is -2.23. The van der Waals surface area contributed by atoms with Crippen LogP contribution in [0.3, 0.4) is 0 Å². The van der Waals surface area contributed by atoms with E-state index in [-0.39, 0.29) is 6.07 Å². The van der Waals surface area contributed by atoms with Gasteiger partial charge in [-0.25, -0.2) is 8.42 Å². The van der Waals surface area contributed by atoms with Crippen molar-refractivity contribution >= 4 is 15.7 Å². The first-order chi connectivity index (χ1) is 9.23. The third-order valence-corrected chi connectivity index (χ3v) is 4.23. The van der Waals surface area contributed by atoms with Crippen molar-refractivity contribution in [2.75, 3.05) is 4.72 Å². The maximum absolute atomic E-state index is 12.6. The van der Waals surface area contributed by atoms with Crippen molar-refractivity contribution in [3.63, 3.8) is 0 Å². The Kier molecular flexibility index (Phi) is 4.52. The molecule has 3 nitrogen and oxygen atoms in total. The number of benzene rings is 1. The fourth-order valence-electron chi connectivity index (χ4n) is 1.30. The van der Waals surface area contributed by atoms with Crippen LogP contribution in [0.2, 0.25) is 0 Å². The van der Waals surface area contributed by atoms with E-state index in [9.17, 15) is 34.8 Å². The Hall–Kier alpha value is -1.45. The summed E-state index contributed by atoms with van der Waals surface area (Å²) in [6.07, 6.45) is -10.1. The molecule has 0 atom stereocenters. The van der Waals surface area contributed by atoms with Crippen LogP contribution in [0, 0.1) is 0 Å². The molecule has 0 heterocycles. The zero-order valence-electron chi connectivity index (χ0n) is 10.8. The lowest BCUT2D eigenvalue weighted by atomic mass is 10.1. The molecule has 0 bridgehead atoms. The predicted molar refractivity (Wildman–Crippen MR) is 64.1 cm³/mol. The Labute approximate surface area is 117 Å². The molecule has 21 heavy (non-hydrogen) atoms. The second kappa shape index (κ2) is 5.39. The highest BCUT2D eigenvalue weighted by molar-refractivity contribution is 7.93. The molecule has 1 N–H and O–H groups in total. The predicted octanol–water partition coefficient (Wildman–Crippen LogP) is 3.87. The Morgan fingerprint density at radius 1 is 0.905 bits per heavy atom. The molecule has 0 fully saturated rings. The number of alkyl halides is 6. The lowest BCUT2D eigenvalue weighted by Gasteiger charge is -2.16. The molecule has 1 aromatic carbocycles. The molecule has 1 rings (SSSR count). The summed E-state index contributed by atoms with van der Waals surface area (Å²) < 4.78 is 100. The van der Waals surface area contributed by atoms with Crippen LogP contribution in [-0.4, -0.2) is 13.7 Å². The number of hydrogen-bond acceptors (Lipinski definition) is 2. The summed E-state index contributed by atoms with van der Waals surface area (Å²) in [5.41, 5.74) is -3.96. The largest absolute Gasteiger partial charge is 0.416 e.